The molecule has 4 rings (SSSR count). The number of ketones is 1. The topological polar surface area (TPSA) is 57.6 Å². The van der Waals surface area contributed by atoms with Gasteiger partial charge in [-0.15, -0.1) is 0 Å². The number of aliphatic hydroxyl groups is 1. The van der Waals surface area contributed by atoms with Crippen LogP contribution in [0.5, 0.6) is 0 Å². The highest BCUT2D eigenvalue weighted by Crippen LogP contribution is 2.42. The van der Waals surface area contributed by atoms with Gasteiger partial charge in [-0.3, -0.25) is 9.59 Å². The summed E-state index contributed by atoms with van der Waals surface area (Å²) in [5, 5.41) is 11.4. The Kier molecular flexibility index (Phi) is 5.51. The van der Waals surface area contributed by atoms with Crippen LogP contribution < -0.4 is 4.90 Å². The standard InChI is InChI=1S/C26H25NO3/c1-2-19-12-14-21(15-13-19)24(28)18-26(30)22-10-6-7-11-23(22)27(25(26)29)17-16-20-8-4-3-5-9-20/h3-15,30H,2,16-18H2,1H3/t26-/m0/s1. The van der Waals surface area contributed by atoms with Gasteiger partial charge in [-0.25, -0.2) is 0 Å². The first-order valence-corrected chi connectivity index (χ1v) is 10.3. The number of hydrogen-bond acceptors (Lipinski definition) is 3. The maximum atomic E-state index is 13.3. The second kappa shape index (κ2) is 8.25. The van der Waals surface area contributed by atoms with E-state index in [0.717, 1.165) is 17.5 Å². The highest BCUT2D eigenvalue weighted by Gasteiger charge is 2.50. The van der Waals surface area contributed by atoms with Crippen LogP contribution >= 0.6 is 0 Å². The molecule has 1 amide bonds. The molecule has 0 unspecified atom stereocenters. The van der Waals surface area contributed by atoms with E-state index in [0.29, 0.717) is 29.8 Å². The number of fused-ring (bicyclic) bond motifs is 1. The minimum atomic E-state index is -1.84. The average molecular weight is 399 g/mol. The zero-order valence-corrected chi connectivity index (χ0v) is 17.0. The molecule has 1 heterocycles. The van der Waals surface area contributed by atoms with Crippen molar-refractivity contribution in [3.05, 3.63) is 101 Å². The van der Waals surface area contributed by atoms with E-state index in [2.05, 4.69) is 6.92 Å². The Morgan fingerprint density at radius 3 is 2.27 bits per heavy atom. The number of aryl methyl sites for hydroxylation is 1. The molecular formula is C26H25NO3. The summed E-state index contributed by atoms with van der Waals surface area (Å²) in [6.45, 7) is 2.50. The molecule has 0 aliphatic carbocycles. The summed E-state index contributed by atoms with van der Waals surface area (Å²) in [7, 11) is 0. The van der Waals surface area contributed by atoms with Gasteiger partial charge in [0, 0.05) is 17.7 Å². The van der Waals surface area contributed by atoms with Crippen molar-refractivity contribution >= 4 is 17.4 Å². The maximum Gasteiger partial charge on any atom is 0.264 e. The Morgan fingerprint density at radius 1 is 0.900 bits per heavy atom. The van der Waals surface area contributed by atoms with E-state index >= 15 is 0 Å². The first-order chi connectivity index (χ1) is 14.5. The molecule has 0 radical (unpaired) electrons. The number of carbonyl (C=O) groups excluding carboxylic acids is 2. The van der Waals surface area contributed by atoms with E-state index in [1.807, 2.05) is 54.6 Å². The largest absolute Gasteiger partial charge is 0.375 e. The summed E-state index contributed by atoms with van der Waals surface area (Å²) in [4.78, 5) is 27.8. The Labute approximate surface area is 176 Å². The number of para-hydroxylation sites is 1. The van der Waals surface area contributed by atoms with Gasteiger partial charge in [-0.2, -0.15) is 0 Å². The molecule has 1 aliphatic heterocycles. The molecule has 0 fully saturated rings. The lowest BCUT2D eigenvalue weighted by molar-refractivity contribution is -0.135. The Morgan fingerprint density at radius 2 is 1.57 bits per heavy atom. The lowest BCUT2D eigenvalue weighted by Gasteiger charge is -2.23. The van der Waals surface area contributed by atoms with E-state index in [-0.39, 0.29) is 12.2 Å². The van der Waals surface area contributed by atoms with Gasteiger partial charge in [0.05, 0.1) is 12.1 Å². The van der Waals surface area contributed by atoms with Gasteiger partial charge in [-0.05, 0) is 30.0 Å². The smallest absolute Gasteiger partial charge is 0.264 e. The van der Waals surface area contributed by atoms with Crippen LogP contribution in [0, 0.1) is 0 Å². The lowest BCUT2D eigenvalue weighted by atomic mass is 9.88. The number of Topliss-reactive ketones (excluding diaryl/α,β-unsaturated/α-hetero) is 1. The van der Waals surface area contributed by atoms with Crippen molar-refractivity contribution in [3.8, 4) is 0 Å². The summed E-state index contributed by atoms with van der Waals surface area (Å²) in [6, 6.07) is 24.5. The van der Waals surface area contributed by atoms with Gasteiger partial charge in [0.2, 0.25) is 0 Å². The zero-order valence-electron chi connectivity index (χ0n) is 17.0. The van der Waals surface area contributed by atoms with Crippen LogP contribution in [-0.4, -0.2) is 23.3 Å². The number of rotatable bonds is 7. The molecule has 3 aromatic rings. The molecule has 0 bridgehead atoms. The van der Waals surface area contributed by atoms with Crippen LogP contribution in [0.1, 0.15) is 40.4 Å². The Balaban J connectivity index is 1.59. The molecule has 4 heteroatoms. The van der Waals surface area contributed by atoms with Gasteiger partial charge in [0.1, 0.15) is 0 Å². The van der Waals surface area contributed by atoms with Crippen LogP contribution in [-0.2, 0) is 23.2 Å². The molecule has 0 aromatic heterocycles. The van der Waals surface area contributed by atoms with Crippen molar-refractivity contribution < 1.29 is 14.7 Å². The van der Waals surface area contributed by atoms with Gasteiger partial charge in [-0.1, -0.05) is 79.7 Å². The fourth-order valence-electron chi connectivity index (χ4n) is 4.05. The first-order valence-electron chi connectivity index (χ1n) is 10.3. The molecule has 0 spiro atoms. The third-order valence-corrected chi connectivity index (χ3v) is 5.81. The van der Waals surface area contributed by atoms with E-state index in [1.54, 1.807) is 29.2 Å². The number of amides is 1. The van der Waals surface area contributed by atoms with E-state index < -0.39 is 11.5 Å². The van der Waals surface area contributed by atoms with Gasteiger partial charge in [0.15, 0.2) is 11.4 Å². The maximum absolute atomic E-state index is 13.3. The fraction of sp³-hybridized carbons (Fsp3) is 0.231. The molecule has 152 valence electrons. The summed E-state index contributed by atoms with van der Waals surface area (Å²) >= 11 is 0. The van der Waals surface area contributed by atoms with Crippen LogP contribution in [0.2, 0.25) is 0 Å². The number of benzene rings is 3. The van der Waals surface area contributed by atoms with Gasteiger partial charge < -0.3 is 10.0 Å². The molecule has 1 atom stereocenters. The van der Waals surface area contributed by atoms with E-state index in [9.17, 15) is 14.7 Å². The highest BCUT2D eigenvalue weighted by molar-refractivity contribution is 6.10. The average Bonchev–Trinajstić information content (AvgIpc) is 3.00. The highest BCUT2D eigenvalue weighted by atomic mass is 16.3. The van der Waals surface area contributed by atoms with Crippen molar-refractivity contribution in [3.63, 3.8) is 0 Å². The second-order valence-electron chi connectivity index (χ2n) is 7.72. The summed E-state index contributed by atoms with van der Waals surface area (Å²) in [6.07, 6.45) is 1.29. The number of anilines is 1. The normalized spacial score (nSPS) is 17.8. The van der Waals surface area contributed by atoms with Crippen LogP contribution in [0.15, 0.2) is 78.9 Å². The third kappa shape index (κ3) is 3.66. The van der Waals surface area contributed by atoms with Gasteiger partial charge >= 0.3 is 0 Å². The molecule has 1 N–H and O–H groups in total. The van der Waals surface area contributed by atoms with E-state index in [1.165, 1.54) is 0 Å². The Bertz CT molecular complexity index is 1060. The molecule has 1 aliphatic rings. The summed E-state index contributed by atoms with van der Waals surface area (Å²) in [5.41, 5.74) is 2.10. The predicted molar refractivity (Wildman–Crippen MR) is 118 cm³/mol. The quantitative estimate of drug-likeness (QED) is 0.603. The number of hydrogen-bond donors (Lipinski definition) is 1. The minimum absolute atomic E-state index is 0.242. The summed E-state index contributed by atoms with van der Waals surface area (Å²) < 4.78 is 0. The lowest BCUT2D eigenvalue weighted by Crippen LogP contribution is -2.42. The van der Waals surface area contributed by atoms with Crippen molar-refractivity contribution in [2.75, 3.05) is 11.4 Å². The first kappa shape index (κ1) is 20.0. The third-order valence-electron chi connectivity index (χ3n) is 5.81. The molecule has 0 saturated carbocycles. The Hall–Kier alpha value is -3.24. The number of nitrogens with zero attached hydrogens (tertiary/aromatic N) is 1. The monoisotopic (exact) mass is 399 g/mol. The molecule has 3 aromatic carbocycles. The fourth-order valence-corrected chi connectivity index (χ4v) is 4.05. The minimum Gasteiger partial charge on any atom is -0.375 e. The molecular weight excluding hydrogens is 374 g/mol. The zero-order chi connectivity index (χ0) is 21.1. The van der Waals surface area contributed by atoms with Crippen LogP contribution in [0.4, 0.5) is 5.69 Å². The van der Waals surface area contributed by atoms with Crippen molar-refractivity contribution in [1.82, 2.24) is 0 Å². The van der Waals surface area contributed by atoms with Crippen molar-refractivity contribution in [2.24, 2.45) is 0 Å². The van der Waals surface area contributed by atoms with Gasteiger partial charge in [0.25, 0.3) is 5.91 Å². The number of carbonyl (C=O) groups is 2. The summed E-state index contributed by atoms with van der Waals surface area (Å²) in [5.74, 6) is -0.675. The molecule has 30 heavy (non-hydrogen) atoms. The van der Waals surface area contributed by atoms with Crippen LogP contribution in [0.25, 0.3) is 0 Å². The predicted octanol–water partition coefficient (Wildman–Crippen LogP) is 4.30. The second-order valence-corrected chi connectivity index (χ2v) is 7.72. The van der Waals surface area contributed by atoms with E-state index in [4.69, 9.17) is 0 Å². The van der Waals surface area contributed by atoms with Crippen molar-refractivity contribution in [1.29, 1.82) is 0 Å². The van der Waals surface area contributed by atoms with Crippen molar-refractivity contribution in [2.45, 2.75) is 31.8 Å². The SMILES string of the molecule is CCc1ccc(C(=O)C[C@@]2(O)C(=O)N(CCc3ccccc3)c3ccccc32)cc1. The van der Waals surface area contributed by atoms with Crippen LogP contribution in [0.3, 0.4) is 0 Å². The molecule has 0 saturated heterocycles. The molecule has 4 nitrogen and oxygen atoms in total.